The van der Waals surface area contributed by atoms with Gasteiger partial charge >= 0.3 is 6.03 Å². The van der Waals surface area contributed by atoms with Crippen molar-refractivity contribution >= 4 is 27.6 Å². The number of rotatable bonds is 0. The topological polar surface area (TPSA) is 32.3 Å². The van der Waals surface area contributed by atoms with Crippen molar-refractivity contribution < 1.29 is 4.79 Å². The molecular formula is C10H11BrN2O. The van der Waals surface area contributed by atoms with E-state index in [0.29, 0.717) is 0 Å². The van der Waals surface area contributed by atoms with E-state index in [1.807, 2.05) is 12.1 Å². The van der Waals surface area contributed by atoms with Crippen molar-refractivity contribution in [3.8, 4) is 0 Å². The highest BCUT2D eigenvalue weighted by Crippen LogP contribution is 2.23. The van der Waals surface area contributed by atoms with Gasteiger partial charge in [0.15, 0.2) is 0 Å². The number of halogens is 1. The fourth-order valence-corrected chi connectivity index (χ4v) is 1.90. The Bertz CT molecular complexity index is 378. The molecule has 1 aromatic rings. The number of fused-ring (bicyclic) bond motifs is 1. The lowest BCUT2D eigenvalue weighted by Gasteiger charge is -2.12. The molecule has 0 atom stereocenters. The maximum atomic E-state index is 11.5. The average Bonchev–Trinajstić information content (AvgIpc) is 2.29. The maximum Gasteiger partial charge on any atom is 0.321 e. The first-order valence-electron chi connectivity index (χ1n) is 4.47. The molecule has 4 heteroatoms. The van der Waals surface area contributed by atoms with E-state index in [-0.39, 0.29) is 6.03 Å². The van der Waals surface area contributed by atoms with Crippen molar-refractivity contribution in [1.29, 1.82) is 0 Å². The fraction of sp³-hybridized carbons (Fsp3) is 0.300. The lowest BCUT2D eigenvalue weighted by Crippen LogP contribution is -2.30. The third kappa shape index (κ3) is 1.75. The molecule has 0 saturated carbocycles. The molecule has 0 spiro atoms. The van der Waals surface area contributed by atoms with Gasteiger partial charge in [-0.2, -0.15) is 0 Å². The monoisotopic (exact) mass is 254 g/mol. The Morgan fingerprint density at radius 3 is 3.07 bits per heavy atom. The molecule has 0 bridgehead atoms. The molecule has 14 heavy (non-hydrogen) atoms. The Labute approximate surface area is 91.2 Å². The van der Waals surface area contributed by atoms with Gasteiger partial charge in [0, 0.05) is 23.8 Å². The first kappa shape index (κ1) is 9.52. The van der Waals surface area contributed by atoms with E-state index >= 15 is 0 Å². The zero-order chi connectivity index (χ0) is 10.1. The van der Waals surface area contributed by atoms with Gasteiger partial charge in [0.2, 0.25) is 0 Å². The lowest BCUT2D eigenvalue weighted by molar-refractivity contribution is 0.224. The molecule has 1 N–H and O–H groups in total. The van der Waals surface area contributed by atoms with Gasteiger partial charge in [-0.15, -0.1) is 0 Å². The van der Waals surface area contributed by atoms with Crippen molar-refractivity contribution in [3.05, 3.63) is 28.2 Å². The average molecular weight is 255 g/mol. The number of benzene rings is 1. The van der Waals surface area contributed by atoms with E-state index in [4.69, 9.17) is 0 Å². The Morgan fingerprint density at radius 1 is 1.50 bits per heavy atom. The van der Waals surface area contributed by atoms with Gasteiger partial charge in [-0.1, -0.05) is 15.9 Å². The maximum absolute atomic E-state index is 11.5. The molecule has 74 valence electrons. The summed E-state index contributed by atoms with van der Waals surface area (Å²) in [6.07, 6.45) is 0.893. The van der Waals surface area contributed by atoms with Crippen LogP contribution in [0.5, 0.6) is 0 Å². The summed E-state index contributed by atoms with van der Waals surface area (Å²) < 4.78 is 1.05. The summed E-state index contributed by atoms with van der Waals surface area (Å²) in [5.74, 6) is 0. The van der Waals surface area contributed by atoms with Gasteiger partial charge in [-0.3, -0.25) is 0 Å². The lowest BCUT2D eigenvalue weighted by atomic mass is 10.1. The number of urea groups is 1. The second-order valence-electron chi connectivity index (χ2n) is 3.40. The van der Waals surface area contributed by atoms with Gasteiger partial charge in [0.05, 0.1) is 0 Å². The van der Waals surface area contributed by atoms with Gasteiger partial charge < -0.3 is 10.2 Å². The van der Waals surface area contributed by atoms with Gasteiger partial charge in [0.25, 0.3) is 0 Å². The molecule has 2 rings (SSSR count). The Balaban J connectivity index is 2.37. The highest BCUT2D eigenvalue weighted by molar-refractivity contribution is 9.10. The number of likely N-dealkylation sites (N-methyl/N-ethyl adjacent to an activating group) is 1. The van der Waals surface area contributed by atoms with Crippen LogP contribution >= 0.6 is 15.9 Å². The van der Waals surface area contributed by atoms with E-state index in [1.54, 1.807) is 11.9 Å². The summed E-state index contributed by atoms with van der Waals surface area (Å²) in [6.45, 7) is 0.759. The SMILES string of the molecule is CN1CCc2cc(Br)ccc2NC1=O. The highest BCUT2D eigenvalue weighted by Gasteiger charge is 2.16. The van der Waals surface area contributed by atoms with Crippen molar-refractivity contribution in [2.24, 2.45) is 0 Å². The molecule has 1 aliphatic rings. The number of nitrogens with one attached hydrogen (secondary N) is 1. The van der Waals surface area contributed by atoms with Crippen LogP contribution in [0.1, 0.15) is 5.56 Å². The van der Waals surface area contributed by atoms with Gasteiger partial charge in [-0.05, 0) is 30.2 Å². The summed E-state index contributed by atoms with van der Waals surface area (Å²) in [5.41, 5.74) is 2.10. The van der Waals surface area contributed by atoms with Crippen LogP contribution in [0.4, 0.5) is 10.5 Å². The van der Waals surface area contributed by atoms with Crippen LogP contribution in [0.25, 0.3) is 0 Å². The van der Waals surface area contributed by atoms with Crippen LogP contribution in [0.2, 0.25) is 0 Å². The van der Waals surface area contributed by atoms with Crippen LogP contribution < -0.4 is 5.32 Å². The minimum Gasteiger partial charge on any atom is -0.327 e. The van der Waals surface area contributed by atoms with Crippen molar-refractivity contribution in [3.63, 3.8) is 0 Å². The molecule has 0 aliphatic carbocycles. The molecule has 0 unspecified atom stereocenters. The van der Waals surface area contributed by atoms with Crippen LogP contribution in [0.3, 0.4) is 0 Å². The molecule has 3 nitrogen and oxygen atoms in total. The van der Waals surface area contributed by atoms with Crippen molar-refractivity contribution in [2.45, 2.75) is 6.42 Å². The van der Waals surface area contributed by atoms with Crippen molar-refractivity contribution in [2.75, 3.05) is 18.9 Å². The highest BCUT2D eigenvalue weighted by atomic mass is 79.9. The fourth-order valence-electron chi connectivity index (χ4n) is 1.49. The normalized spacial score (nSPS) is 15.9. The zero-order valence-corrected chi connectivity index (χ0v) is 9.47. The van der Waals surface area contributed by atoms with E-state index < -0.39 is 0 Å². The summed E-state index contributed by atoms with van der Waals surface area (Å²) >= 11 is 3.42. The number of amides is 2. The summed E-state index contributed by atoms with van der Waals surface area (Å²) in [4.78, 5) is 13.2. The van der Waals surface area contributed by atoms with Crippen molar-refractivity contribution in [1.82, 2.24) is 4.90 Å². The number of carbonyl (C=O) groups is 1. The van der Waals surface area contributed by atoms with Crippen LogP contribution in [-0.4, -0.2) is 24.5 Å². The third-order valence-electron chi connectivity index (χ3n) is 2.37. The van der Waals surface area contributed by atoms with Crippen LogP contribution in [-0.2, 0) is 6.42 Å². The Hall–Kier alpha value is -1.03. The predicted molar refractivity (Wildman–Crippen MR) is 59.5 cm³/mol. The molecule has 0 aromatic heterocycles. The van der Waals surface area contributed by atoms with E-state index in [1.165, 1.54) is 5.56 Å². The molecule has 1 aliphatic heterocycles. The number of carbonyl (C=O) groups excluding carboxylic acids is 1. The molecule has 0 fully saturated rings. The molecule has 2 amide bonds. The zero-order valence-electron chi connectivity index (χ0n) is 7.88. The second kappa shape index (κ2) is 3.61. The molecule has 1 aromatic carbocycles. The summed E-state index contributed by atoms with van der Waals surface area (Å²) in [5, 5.41) is 2.87. The van der Waals surface area contributed by atoms with Gasteiger partial charge in [-0.25, -0.2) is 4.79 Å². The second-order valence-corrected chi connectivity index (χ2v) is 4.32. The van der Waals surface area contributed by atoms with E-state index in [2.05, 4.69) is 27.3 Å². The minimum atomic E-state index is -0.0360. The molecule has 1 heterocycles. The molecule has 0 radical (unpaired) electrons. The summed E-state index contributed by atoms with van der Waals surface area (Å²) in [6, 6.07) is 5.88. The first-order valence-corrected chi connectivity index (χ1v) is 5.26. The predicted octanol–water partition coefficient (Wildman–Crippen LogP) is 2.47. The number of nitrogens with zero attached hydrogens (tertiary/aromatic N) is 1. The molecular weight excluding hydrogens is 244 g/mol. The number of hydrogen-bond donors (Lipinski definition) is 1. The quantitative estimate of drug-likeness (QED) is 0.758. The largest absolute Gasteiger partial charge is 0.327 e. The first-order chi connectivity index (χ1) is 6.66. The van der Waals surface area contributed by atoms with E-state index in [9.17, 15) is 4.79 Å². The molecule has 0 saturated heterocycles. The number of anilines is 1. The Kier molecular flexibility index (Phi) is 2.46. The van der Waals surface area contributed by atoms with Crippen LogP contribution in [0, 0.1) is 0 Å². The van der Waals surface area contributed by atoms with Gasteiger partial charge in [0.1, 0.15) is 0 Å². The van der Waals surface area contributed by atoms with E-state index in [0.717, 1.165) is 23.1 Å². The van der Waals surface area contributed by atoms with Crippen LogP contribution in [0.15, 0.2) is 22.7 Å². The Morgan fingerprint density at radius 2 is 2.29 bits per heavy atom. The smallest absolute Gasteiger partial charge is 0.321 e. The minimum absolute atomic E-state index is 0.0360. The summed E-state index contributed by atoms with van der Waals surface area (Å²) in [7, 11) is 1.80. The third-order valence-corrected chi connectivity index (χ3v) is 2.87. The standard InChI is InChI=1S/C10H11BrN2O/c1-13-5-4-7-6-8(11)2-3-9(7)12-10(13)14/h2-3,6H,4-5H2,1H3,(H,12,14). The number of hydrogen-bond acceptors (Lipinski definition) is 1.